The molecule has 2 rings (SSSR count). The van der Waals surface area contributed by atoms with E-state index in [0.29, 0.717) is 23.5 Å². The summed E-state index contributed by atoms with van der Waals surface area (Å²) in [6.45, 7) is 3.41. The molecule has 0 aliphatic rings. The van der Waals surface area contributed by atoms with E-state index in [2.05, 4.69) is 0 Å². The molecule has 0 radical (unpaired) electrons. The summed E-state index contributed by atoms with van der Waals surface area (Å²) in [6.07, 6.45) is 0. The van der Waals surface area contributed by atoms with E-state index >= 15 is 0 Å². The van der Waals surface area contributed by atoms with Gasteiger partial charge in [0.05, 0.1) is 11.5 Å². The molecule has 0 aliphatic carbocycles. The quantitative estimate of drug-likeness (QED) is 0.310. The molecule has 2 aromatic carbocycles. The summed E-state index contributed by atoms with van der Waals surface area (Å²) in [7, 11) is 0. The molecule has 0 aromatic heterocycles. The van der Waals surface area contributed by atoms with Crippen molar-refractivity contribution in [2.75, 3.05) is 6.61 Å². The number of nitro groups is 1. The fourth-order valence-corrected chi connectivity index (χ4v) is 2.42. The van der Waals surface area contributed by atoms with Gasteiger partial charge in [0.2, 0.25) is 0 Å². The van der Waals surface area contributed by atoms with Crippen LogP contribution in [0.15, 0.2) is 36.4 Å². The number of nitrogens with zero attached hydrogens (tertiary/aromatic N) is 1. The van der Waals surface area contributed by atoms with E-state index in [1.807, 2.05) is 0 Å². The van der Waals surface area contributed by atoms with Crippen molar-refractivity contribution in [3.63, 3.8) is 0 Å². The number of rotatable bonds is 7. The number of Topliss-reactive ketones (excluding diaryl/α,β-unsaturated/α-hetero) is 1. The SMILES string of the molecule is CCOc1ccc(C(C)=O)cc1COC(=O)c1ccc(Cl)cc1[N+](=O)[O-]. The second-order valence-corrected chi connectivity index (χ2v) is 5.74. The van der Waals surface area contributed by atoms with E-state index in [0.717, 1.165) is 6.07 Å². The average molecular weight is 378 g/mol. The molecule has 0 spiro atoms. The zero-order valence-corrected chi connectivity index (χ0v) is 14.9. The number of benzene rings is 2. The number of halogens is 1. The van der Waals surface area contributed by atoms with Crippen molar-refractivity contribution in [3.8, 4) is 5.75 Å². The van der Waals surface area contributed by atoms with Crippen LogP contribution >= 0.6 is 11.6 Å². The molecule has 8 heteroatoms. The monoisotopic (exact) mass is 377 g/mol. The predicted octanol–water partition coefficient (Wildman–Crippen LogP) is 4.21. The number of carbonyl (C=O) groups is 2. The molecule has 0 unspecified atom stereocenters. The molecular weight excluding hydrogens is 362 g/mol. The predicted molar refractivity (Wildman–Crippen MR) is 94.8 cm³/mol. The lowest BCUT2D eigenvalue weighted by Crippen LogP contribution is -2.09. The highest BCUT2D eigenvalue weighted by molar-refractivity contribution is 6.31. The Kier molecular flexibility index (Phi) is 6.30. The fraction of sp³-hybridized carbons (Fsp3) is 0.222. The molecule has 0 atom stereocenters. The standard InChI is InChI=1S/C18H16ClNO6/c1-3-25-17-7-4-12(11(2)21)8-13(17)10-26-18(22)15-6-5-14(19)9-16(15)20(23)24/h4-9H,3,10H2,1-2H3. The van der Waals surface area contributed by atoms with E-state index in [4.69, 9.17) is 21.1 Å². The summed E-state index contributed by atoms with van der Waals surface area (Å²) in [5.41, 5.74) is 0.284. The highest BCUT2D eigenvalue weighted by atomic mass is 35.5. The van der Waals surface area contributed by atoms with E-state index in [1.165, 1.54) is 19.1 Å². The van der Waals surface area contributed by atoms with Crippen molar-refractivity contribution in [2.24, 2.45) is 0 Å². The van der Waals surface area contributed by atoms with Gasteiger partial charge in [-0.3, -0.25) is 14.9 Å². The largest absolute Gasteiger partial charge is 0.493 e. The minimum atomic E-state index is -0.871. The third-order valence-corrected chi connectivity index (χ3v) is 3.74. The number of esters is 1. The van der Waals surface area contributed by atoms with Crippen LogP contribution in [0, 0.1) is 10.1 Å². The van der Waals surface area contributed by atoms with Gasteiger partial charge in [0.15, 0.2) is 5.78 Å². The van der Waals surface area contributed by atoms with Crippen LogP contribution in [0.3, 0.4) is 0 Å². The lowest BCUT2D eigenvalue weighted by atomic mass is 10.1. The van der Waals surface area contributed by atoms with Crippen LogP contribution in [0.25, 0.3) is 0 Å². The van der Waals surface area contributed by atoms with Crippen molar-refractivity contribution in [1.29, 1.82) is 0 Å². The van der Waals surface area contributed by atoms with Gasteiger partial charge in [0, 0.05) is 22.2 Å². The highest BCUT2D eigenvalue weighted by Crippen LogP contribution is 2.26. The molecule has 2 aromatic rings. The molecule has 0 amide bonds. The normalized spacial score (nSPS) is 10.3. The van der Waals surface area contributed by atoms with Crippen LogP contribution in [0.4, 0.5) is 5.69 Å². The minimum Gasteiger partial charge on any atom is -0.493 e. The Balaban J connectivity index is 2.25. The maximum absolute atomic E-state index is 12.3. The smallest absolute Gasteiger partial charge is 0.345 e. The third kappa shape index (κ3) is 4.58. The molecule has 0 fully saturated rings. The second-order valence-electron chi connectivity index (χ2n) is 5.31. The first-order valence-corrected chi connectivity index (χ1v) is 8.09. The highest BCUT2D eigenvalue weighted by Gasteiger charge is 2.22. The number of carbonyl (C=O) groups excluding carboxylic acids is 2. The van der Waals surface area contributed by atoms with Gasteiger partial charge >= 0.3 is 5.97 Å². The maximum Gasteiger partial charge on any atom is 0.345 e. The number of nitro benzene ring substituents is 1. The Morgan fingerprint density at radius 3 is 2.54 bits per heavy atom. The minimum absolute atomic E-state index is 0.140. The number of hydrogen-bond acceptors (Lipinski definition) is 6. The number of ether oxygens (including phenoxy) is 2. The Morgan fingerprint density at radius 1 is 1.19 bits per heavy atom. The molecule has 0 N–H and O–H groups in total. The van der Waals surface area contributed by atoms with Crippen LogP contribution in [-0.2, 0) is 11.3 Å². The Morgan fingerprint density at radius 2 is 1.92 bits per heavy atom. The summed E-state index contributed by atoms with van der Waals surface area (Å²) in [5, 5.41) is 11.2. The van der Waals surface area contributed by atoms with Gasteiger partial charge in [-0.2, -0.15) is 0 Å². The summed E-state index contributed by atoms with van der Waals surface area (Å²) in [6, 6.07) is 8.49. The van der Waals surface area contributed by atoms with Crippen LogP contribution in [0.2, 0.25) is 5.02 Å². The molecule has 0 saturated heterocycles. The summed E-state index contributed by atoms with van der Waals surface area (Å²) in [5.74, 6) is -0.547. The van der Waals surface area contributed by atoms with Gasteiger partial charge in [-0.25, -0.2) is 4.79 Å². The maximum atomic E-state index is 12.3. The molecule has 0 heterocycles. The van der Waals surface area contributed by atoms with Crippen molar-refractivity contribution >= 4 is 29.0 Å². The van der Waals surface area contributed by atoms with Crippen LogP contribution < -0.4 is 4.74 Å². The van der Waals surface area contributed by atoms with Gasteiger partial charge in [0.25, 0.3) is 5.69 Å². The van der Waals surface area contributed by atoms with Crippen LogP contribution in [-0.4, -0.2) is 23.3 Å². The first-order valence-electron chi connectivity index (χ1n) is 7.71. The topological polar surface area (TPSA) is 95.7 Å². The Hall–Kier alpha value is -2.93. The Bertz CT molecular complexity index is 865. The van der Waals surface area contributed by atoms with Gasteiger partial charge in [-0.05, 0) is 44.2 Å². The van der Waals surface area contributed by atoms with Gasteiger partial charge in [-0.1, -0.05) is 11.6 Å². The van der Waals surface area contributed by atoms with Crippen molar-refractivity contribution in [1.82, 2.24) is 0 Å². The molecule has 0 bridgehead atoms. The van der Waals surface area contributed by atoms with Crippen molar-refractivity contribution < 1.29 is 24.0 Å². The van der Waals surface area contributed by atoms with E-state index in [-0.39, 0.29) is 23.0 Å². The molecule has 7 nitrogen and oxygen atoms in total. The molecule has 0 aliphatic heterocycles. The molecular formula is C18H16ClNO6. The van der Waals surface area contributed by atoms with Crippen molar-refractivity contribution in [3.05, 3.63) is 68.2 Å². The molecule has 0 saturated carbocycles. The summed E-state index contributed by atoms with van der Waals surface area (Å²) >= 11 is 5.74. The van der Waals surface area contributed by atoms with Gasteiger partial charge in [-0.15, -0.1) is 0 Å². The lowest BCUT2D eigenvalue weighted by Gasteiger charge is -2.12. The van der Waals surface area contributed by atoms with E-state index in [1.54, 1.807) is 25.1 Å². The van der Waals surface area contributed by atoms with Gasteiger partial charge in [0.1, 0.15) is 17.9 Å². The Labute approximate surface area is 154 Å². The molecule has 136 valence electrons. The number of ketones is 1. The van der Waals surface area contributed by atoms with E-state index < -0.39 is 16.6 Å². The van der Waals surface area contributed by atoms with Gasteiger partial charge < -0.3 is 9.47 Å². The average Bonchev–Trinajstić information content (AvgIpc) is 2.60. The zero-order chi connectivity index (χ0) is 19.3. The zero-order valence-electron chi connectivity index (χ0n) is 14.2. The lowest BCUT2D eigenvalue weighted by molar-refractivity contribution is -0.385. The number of hydrogen-bond donors (Lipinski definition) is 0. The van der Waals surface area contributed by atoms with Crippen molar-refractivity contribution in [2.45, 2.75) is 20.5 Å². The first kappa shape index (κ1) is 19.4. The summed E-state index contributed by atoms with van der Waals surface area (Å²) in [4.78, 5) is 34.2. The summed E-state index contributed by atoms with van der Waals surface area (Å²) < 4.78 is 10.6. The van der Waals surface area contributed by atoms with E-state index in [9.17, 15) is 19.7 Å². The first-order chi connectivity index (χ1) is 12.3. The fourth-order valence-electron chi connectivity index (χ4n) is 2.26. The molecule has 26 heavy (non-hydrogen) atoms. The second kappa shape index (κ2) is 8.44. The van der Waals surface area contributed by atoms with Crippen LogP contribution in [0.5, 0.6) is 5.75 Å². The third-order valence-electron chi connectivity index (χ3n) is 3.50. The van der Waals surface area contributed by atoms with Crippen LogP contribution in [0.1, 0.15) is 40.1 Å².